The van der Waals surface area contributed by atoms with Gasteiger partial charge in [-0.25, -0.2) is 0 Å². The molecule has 1 aliphatic rings. The lowest BCUT2D eigenvalue weighted by Crippen LogP contribution is -2.33. The number of halogens is 1. The summed E-state index contributed by atoms with van der Waals surface area (Å²) in [6.07, 6.45) is 1.03. The molecule has 0 radical (unpaired) electrons. The predicted molar refractivity (Wildman–Crippen MR) is 69.3 cm³/mol. The molecule has 1 heterocycles. The van der Waals surface area contributed by atoms with E-state index in [2.05, 4.69) is 24.1 Å². The van der Waals surface area contributed by atoms with Gasteiger partial charge in [-0.2, -0.15) is 0 Å². The molecule has 4 heteroatoms. The minimum Gasteiger partial charge on any atom is -0.493 e. The van der Waals surface area contributed by atoms with Crippen molar-refractivity contribution in [2.75, 3.05) is 33.7 Å². The first-order valence-corrected chi connectivity index (χ1v) is 6.25. The highest BCUT2D eigenvalue weighted by Gasteiger charge is 2.25. The molecular formula is C13H18ClNO2. The van der Waals surface area contributed by atoms with E-state index < -0.39 is 0 Å². The number of hydrogen-bond acceptors (Lipinski definition) is 3. The van der Waals surface area contributed by atoms with Crippen LogP contribution in [-0.2, 0) is 6.42 Å². The van der Waals surface area contributed by atoms with E-state index in [-0.39, 0.29) is 6.04 Å². The number of benzene rings is 1. The van der Waals surface area contributed by atoms with E-state index in [1.165, 1.54) is 11.1 Å². The van der Waals surface area contributed by atoms with Crippen LogP contribution in [0.3, 0.4) is 0 Å². The number of hydrogen-bond donors (Lipinski definition) is 0. The summed E-state index contributed by atoms with van der Waals surface area (Å²) in [5.41, 5.74) is 2.57. The van der Waals surface area contributed by atoms with Crippen molar-refractivity contribution in [1.82, 2.24) is 4.90 Å². The molecule has 0 bridgehead atoms. The minimum atomic E-state index is 0.264. The quantitative estimate of drug-likeness (QED) is 0.775. The maximum atomic E-state index is 6.06. The van der Waals surface area contributed by atoms with Crippen LogP contribution in [0.5, 0.6) is 11.5 Å². The highest BCUT2D eigenvalue weighted by Crippen LogP contribution is 2.37. The van der Waals surface area contributed by atoms with Crippen LogP contribution in [0, 0.1) is 0 Å². The summed E-state index contributed by atoms with van der Waals surface area (Å²) in [7, 11) is 5.43. The first-order valence-electron chi connectivity index (χ1n) is 5.72. The van der Waals surface area contributed by atoms with Gasteiger partial charge in [0.2, 0.25) is 0 Å². The van der Waals surface area contributed by atoms with E-state index in [1.54, 1.807) is 14.2 Å². The lowest BCUT2D eigenvalue weighted by atomic mass is 9.93. The Kier molecular flexibility index (Phi) is 3.79. The molecule has 0 spiro atoms. The molecule has 0 aliphatic carbocycles. The molecule has 1 atom stereocenters. The molecule has 17 heavy (non-hydrogen) atoms. The fraction of sp³-hybridized carbons (Fsp3) is 0.538. The highest BCUT2D eigenvalue weighted by molar-refractivity contribution is 6.18. The van der Waals surface area contributed by atoms with Crippen LogP contribution in [0.25, 0.3) is 0 Å². The number of ether oxygens (including phenoxy) is 2. The third-order valence-corrected chi connectivity index (χ3v) is 3.71. The summed E-state index contributed by atoms with van der Waals surface area (Å²) in [4.78, 5) is 2.28. The van der Waals surface area contributed by atoms with Gasteiger partial charge in [0.05, 0.1) is 14.2 Å². The van der Waals surface area contributed by atoms with E-state index >= 15 is 0 Å². The lowest BCUT2D eigenvalue weighted by Gasteiger charge is -2.33. The highest BCUT2D eigenvalue weighted by atomic mass is 35.5. The second-order valence-electron chi connectivity index (χ2n) is 4.31. The van der Waals surface area contributed by atoms with Gasteiger partial charge in [-0.15, -0.1) is 11.6 Å². The molecule has 1 aliphatic heterocycles. The third kappa shape index (κ3) is 2.22. The van der Waals surface area contributed by atoms with Gasteiger partial charge in [-0.05, 0) is 36.7 Å². The Hall–Kier alpha value is -0.930. The van der Waals surface area contributed by atoms with Gasteiger partial charge in [0.15, 0.2) is 11.5 Å². The topological polar surface area (TPSA) is 21.7 Å². The van der Waals surface area contributed by atoms with Crippen LogP contribution < -0.4 is 9.47 Å². The summed E-state index contributed by atoms with van der Waals surface area (Å²) in [5, 5.41) is 0. The van der Waals surface area contributed by atoms with Gasteiger partial charge in [0.25, 0.3) is 0 Å². The Labute approximate surface area is 107 Å². The van der Waals surface area contributed by atoms with Crippen LogP contribution in [0.4, 0.5) is 0 Å². The Morgan fingerprint density at radius 1 is 1.29 bits per heavy atom. The maximum absolute atomic E-state index is 6.06. The molecular weight excluding hydrogens is 238 g/mol. The molecule has 0 fully saturated rings. The van der Waals surface area contributed by atoms with Crippen LogP contribution in [-0.4, -0.2) is 38.6 Å². The maximum Gasteiger partial charge on any atom is 0.161 e. The molecule has 2 rings (SSSR count). The Morgan fingerprint density at radius 2 is 1.94 bits per heavy atom. The molecule has 0 amide bonds. The van der Waals surface area contributed by atoms with Crippen molar-refractivity contribution in [3.8, 4) is 11.5 Å². The molecule has 0 aromatic heterocycles. The summed E-state index contributed by atoms with van der Waals surface area (Å²) in [6.45, 7) is 1.03. The first-order chi connectivity index (χ1) is 8.21. The standard InChI is InChI=1S/C13H18ClNO2/c1-15-5-4-9-6-12(16-2)13(17-3)7-10(9)11(15)8-14/h6-7,11H,4-5,8H2,1-3H3. The number of fused-ring (bicyclic) bond motifs is 1. The van der Waals surface area contributed by atoms with Crippen LogP contribution >= 0.6 is 11.6 Å². The number of nitrogens with zero attached hydrogens (tertiary/aromatic N) is 1. The van der Waals surface area contributed by atoms with E-state index in [1.807, 2.05) is 0 Å². The molecule has 3 nitrogen and oxygen atoms in total. The Balaban J connectivity index is 2.48. The molecule has 0 saturated heterocycles. The van der Waals surface area contributed by atoms with Crippen molar-refractivity contribution < 1.29 is 9.47 Å². The van der Waals surface area contributed by atoms with Crippen molar-refractivity contribution in [3.05, 3.63) is 23.3 Å². The summed E-state index contributed by atoms with van der Waals surface area (Å²) >= 11 is 6.06. The molecule has 94 valence electrons. The van der Waals surface area contributed by atoms with Gasteiger partial charge in [-0.3, -0.25) is 4.90 Å². The van der Waals surface area contributed by atoms with Crippen molar-refractivity contribution in [2.24, 2.45) is 0 Å². The van der Waals surface area contributed by atoms with Crippen LogP contribution in [0.2, 0.25) is 0 Å². The number of rotatable bonds is 3. The van der Waals surface area contributed by atoms with Crippen molar-refractivity contribution in [3.63, 3.8) is 0 Å². The number of alkyl halides is 1. The third-order valence-electron chi connectivity index (χ3n) is 3.42. The second kappa shape index (κ2) is 5.15. The van der Waals surface area contributed by atoms with Gasteiger partial charge >= 0.3 is 0 Å². The first kappa shape index (κ1) is 12.5. The van der Waals surface area contributed by atoms with E-state index in [0.29, 0.717) is 5.88 Å². The number of methoxy groups -OCH3 is 2. The monoisotopic (exact) mass is 255 g/mol. The SMILES string of the molecule is COc1cc2c(cc1OC)C(CCl)N(C)CC2. The summed E-state index contributed by atoms with van der Waals surface area (Å²) in [5.74, 6) is 2.17. The summed E-state index contributed by atoms with van der Waals surface area (Å²) in [6, 6.07) is 4.39. The van der Waals surface area contributed by atoms with Crippen molar-refractivity contribution in [2.45, 2.75) is 12.5 Å². The van der Waals surface area contributed by atoms with E-state index in [0.717, 1.165) is 24.5 Å². The largest absolute Gasteiger partial charge is 0.493 e. The van der Waals surface area contributed by atoms with Gasteiger partial charge < -0.3 is 9.47 Å². The Morgan fingerprint density at radius 3 is 2.53 bits per heavy atom. The fourth-order valence-electron chi connectivity index (χ4n) is 2.35. The smallest absolute Gasteiger partial charge is 0.161 e. The zero-order chi connectivity index (χ0) is 12.4. The van der Waals surface area contributed by atoms with Crippen LogP contribution in [0.1, 0.15) is 17.2 Å². The fourth-order valence-corrected chi connectivity index (χ4v) is 2.76. The zero-order valence-corrected chi connectivity index (χ0v) is 11.3. The lowest BCUT2D eigenvalue weighted by molar-refractivity contribution is 0.248. The Bertz CT molecular complexity index is 409. The molecule has 1 aromatic rings. The van der Waals surface area contributed by atoms with Crippen molar-refractivity contribution >= 4 is 11.6 Å². The predicted octanol–water partition coefficient (Wildman–Crippen LogP) is 2.47. The van der Waals surface area contributed by atoms with E-state index in [4.69, 9.17) is 21.1 Å². The average Bonchev–Trinajstić information content (AvgIpc) is 2.37. The van der Waals surface area contributed by atoms with Gasteiger partial charge in [0.1, 0.15) is 0 Å². The molecule has 1 aromatic carbocycles. The molecule has 1 unspecified atom stereocenters. The molecule has 0 N–H and O–H groups in total. The molecule has 0 saturated carbocycles. The van der Waals surface area contributed by atoms with Gasteiger partial charge in [0, 0.05) is 18.5 Å². The van der Waals surface area contributed by atoms with E-state index in [9.17, 15) is 0 Å². The average molecular weight is 256 g/mol. The normalized spacial score (nSPS) is 19.9. The minimum absolute atomic E-state index is 0.264. The number of likely N-dealkylation sites (N-methyl/N-ethyl adjacent to an activating group) is 1. The van der Waals surface area contributed by atoms with Crippen LogP contribution in [0.15, 0.2) is 12.1 Å². The zero-order valence-electron chi connectivity index (χ0n) is 10.5. The second-order valence-corrected chi connectivity index (χ2v) is 4.62. The summed E-state index contributed by atoms with van der Waals surface area (Å²) < 4.78 is 10.7. The van der Waals surface area contributed by atoms with Crippen molar-refractivity contribution in [1.29, 1.82) is 0 Å². The van der Waals surface area contributed by atoms with Gasteiger partial charge in [-0.1, -0.05) is 0 Å².